The number of carbonyl (C=O) groups excluding carboxylic acids is 1. The summed E-state index contributed by atoms with van der Waals surface area (Å²) in [5.74, 6) is 0.946. The van der Waals surface area contributed by atoms with Crippen LogP contribution in [-0.4, -0.2) is 42.2 Å². The van der Waals surface area contributed by atoms with Crippen molar-refractivity contribution in [1.82, 2.24) is 9.97 Å². The molecule has 0 radical (unpaired) electrons. The van der Waals surface area contributed by atoms with Gasteiger partial charge >= 0.3 is 0 Å². The first-order chi connectivity index (χ1) is 14.1. The number of ether oxygens (including phenoxy) is 1. The van der Waals surface area contributed by atoms with E-state index in [1.54, 1.807) is 0 Å². The molecule has 1 aliphatic carbocycles. The van der Waals surface area contributed by atoms with Crippen LogP contribution in [0.2, 0.25) is 0 Å². The van der Waals surface area contributed by atoms with Gasteiger partial charge in [-0.15, -0.1) is 0 Å². The smallest absolute Gasteiger partial charge is 0.230 e. The van der Waals surface area contributed by atoms with Gasteiger partial charge in [-0.2, -0.15) is 0 Å². The summed E-state index contributed by atoms with van der Waals surface area (Å²) in [6, 6.07) is 14.3. The quantitative estimate of drug-likeness (QED) is 0.718. The molecule has 0 spiro atoms. The molecule has 0 saturated carbocycles. The molecular weight excluding hydrogens is 364 g/mol. The van der Waals surface area contributed by atoms with E-state index in [-0.39, 0.29) is 5.91 Å². The summed E-state index contributed by atoms with van der Waals surface area (Å²) in [6.07, 6.45) is 2.59. The first-order valence-corrected chi connectivity index (χ1v) is 10.3. The second-order valence-electron chi connectivity index (χ2n) is 8.35. The highest BCUT2D eigenvalue weighted by Gasteiger charge is 2.36. The summed E-state index contributed by atoms with van der Waals surface area (Å²) in [5, 5.41) is 3.14. The van der Waals surface area contributed by atoms with Crippen LogP contribution in [0.1, 0.15) is 24.5 Å². The highest BCUT2D eigenvalue weighted by molar-refractivity contribution is 5.97. The predicted molar refractivity (Wildman–Crippen MR) is 114 cm³/mol. The van der Waals surface area contributed by atoms with Crippen molar-refractivity contribution in [2.75, 3.05) is 36.5 Å². The molecule has 1 aliphatic heterocycles. The summed E-state index contributed by atoms with van der Waals surface area (Å²) < 4.78 is 5.42. The van der Waals surface area contributed by atoms with Crippen LogP contribution in [0.15, 0.2) is 42.5 Å². The van der Waals surface area contributed by atoms with Gasteiger partial charge in [-0.25, -0.2) is 4.98 Å². The van der Waals surface area contributed by atoms with E-state index < -0.39 is 5.41 Å². The van der Waals surface area contributed by atoms with Gasteiger partial charge in [0.25, 0.3) is 0 Å². The van der Waals surface area contributed by atoms with Gasteiger partial charge in [-0.1, -0.05) is 31.2 Å². The van der Waals surface area contributed by atoms with Crippen LogP contribution >= 0.6 is 0 Å². The third-order valence-electron chi connectivity index (χ3n) is 6.23. The number of nitrogens with one attached hydrogen (secondary N) is 2. The van der Waals surface area contributed by atoms with Crippen LogP contribution in [0.4, 0.5) is 11.6 Å². The van der Waals surface area contributed by atoms with E-state index in [1.165, 1.54) is 11.1 Å². The van der Waals surface area contributed by atoms with E-state index in [1.807, 2.05) is 18.2 Å². The van der Waals surface area contributed by atoms with E-state index >= 15 is 0 Å². The summed E-state index contributed by atoms with van der Waals surface area (Å²) in [5.41, 5.74) is 4.91. The van der Waals surface area contributed by atoms with Crippen LogP contribution < -0.4 is 10.2 Å². The molecular formula is C23H26N4O2. The molecule has 3 aromatic rings. The first-order valence-electron chi connectivity index (χ1n) is 10.3. The van der Waals surface area contributed by atoms with Crippen LogP contribution in [0.25, 0.3) is 11.0 Å². The molecule has 2 N–H and O–H groups in total. The van der Waals surface area contributed by atoms with Gasteiger partial charge in [0, 0.05) is 18.8 Å². The lowest BCUT2D eigenvalue weighted by molar-refractivity contribution is -0.125. The van der Waals surface area contributed by atoms with E-state index in [9.17, 15) is 4.79 Å². The summed E-state index contributed by atoms with van der Waals surface area (Å²) in [6.45, 7) is 5.19. The van der Waals surface area contributed by atoms with Gasteiger partial charge < -0.3 is 19.9 Å². The SMILES string of the molecule is CC1(C(=O)Nc2ccc3nc(N4CCOCC4)[nH]c3c2)CCc2ccccc2C1. The third-order valence-corrected chi connectivity index (χ3v) is 6.23. The van der Waals surface area contributed by atoms with Crippen LogP contribution in [-0.2, 0) is 22.4 Å². The summed E-state index contributed by atoms with van der Waals surface area (Å²) >= 11 is 0. The fourth-order valence-electron chi connectivity index (χ4n) is 4.37. The number of rotatable bonds is 3. The van der Waals surface area contributed by atoms with Crippen molar-refractivity contribution < 1.29 is 9.53 Å². The largest absolute Gasteiger partial charge is 0.378 e. The van der Waals surface area contributed by atoms with E-state index in [0.29, 0.717) is 0 Å². The van der Waals surface area contributed by atoms with E-state index in [0.717, 1.165) is 68.2 Å². The van der Waals surface area contributed by atoms with Crippen molar-refractivity contribution >= 4 is 28.6 Å². The average molecular weight is 390 g/mol. The molecule has 2 aromatic carbocycles. The Hall–Kier alpha value is -2.86. The number of anilines is 2. The molecule has 29 heavy (non-hydrogen) atoms. The molecule has 6 heteroatoms. The standard InChI is InChI=1S/C23H26N4O2/c1-23(9-8-16-4-2-3-5-17(16)15-23)21(28)24-18-6-7-19-20(14-18)26-22(25-19)27-10-12-29-13-11-27/h2-7,14H,8-13,15H2,1H3,(H,24,28)(H,25,26). The number of amides is 1. The minimum Gasteiger partial charge on any atom is -0.378 e. The van der Waals surface area contributed by atoms with Gasteiger partial charge in [0.05, 0.1) is 29.7 Å². The highest BCUT2D eigenvalue weighted by Crippen LogP contribution is 2.36. The molecule has 1 unspecified atom stereocenters. The van der Waals surface area contributed by atoms with Gasteiger partial charge in [-0.3, -0.25) is 4.79 Å². The molecule has 1 amide bonds. The van der Waals surface area contributed by atoms with Gasteiger partial charge in [0.2, 0.25) is 11.9 Å². The minimum absolute atomic E-state index is 0.0827. The highest BCUT2D eigenvalue weighted by atomic mass is 16.5. The second kappa shape index (κ2) is 7.19. The van der Waals surface area contributed by atoms with Gasteiger partial charge in [-0.05, 0) is 48.6 Å². The number of benzene rings is 2. The fraction of sp³-hybridized carbons (Fsp3) is 0.391. The number of nitrogens with zero attached hydrogens (tertiary/aromatic N) is 2. The number of morpholine rings is 1. The monoisotopic (exact) mass is 390 g/mol. The van der Waals surface area contributed by atoms with Crippen molar-refractivity contribution in [3.05, 3.63) is 53.6 Å². The van der Waals surface area contributed by atoms with Crippen molar-refractivity contribution in [2.24, 2.45) is 5.41 Å². The number of aromatic amines is 1. The third kappa shape index (κ3) is 3.49. The van der Waals surface area contributed by atoms with Gasteiger partial charge in [0.15, 0.2) is 0 Å². The van der Waals surface area contributed by atoms with Crippen molar-refractivity contribution in [1.29, 1.82) is 0 Å². The minimum atomic E-state index is -0.393. The van der Waals surface area contributed by atoms with Crippen molar-refractivity contribution in [2.45, 2.75) is 26.2 Å². The Kier molecular flexibility index (Phi) is 4.51. The Bertz CT molecular complexity index is 1050. The molecule has 1 saturated heterocycles. The zero-order chi connectivity index (χ0) is 19.8. The summed E-state index contributed by atoms with van der Waals surface area (Å²) in [4.78, 5) is 23.4. The fourth-order valence-corrected chi connectivity index (χ4v) is 4.37. The normalized spacial score (nSPS) is 21.8. The van der Waals surface area contributed by atoms with Crippen LogP contribution in [0.3, 0.4) is 0 Å². The van der Waals surface area contributed by atoms with Crippen LogP contribution in [0.5, 0.6) is 0 Å². The topological polar surface area (TPSA) is 70.2 Å². The number of hydrogen-bond donors (Lipinski definition) is 2. The number of H-pyrrole nitrogens is 1. The Morgan fingerprint density at radius 3 is 2.79 bits per heavy atom. The van der Waals surface area contributed by atoms with Crippen molar-refractivity contribution in [3.63, 3.8) is 0 Å². The van der Waals surface area contributed by atoms with Gasteiger partial charge in [0.1, 0.15) is 0 Å². The number of hydrogen-bond acceptors (Lipinski definition) is 4. The maximum atomic E-state index is 13.1. The molecule has 6 nitrogen and oxygen atoms in total. The molecule has 2 heterocycles. The lowest BCUT2D eigenvalue weighted by Gasteiger charge is -2.33. The molecule has 5 rings (SSSR count). The molecule has 1 atom stereocenters. The maximum Gasteiger partial charge on any atom is 0.230 e. The second-order valence-corrected chi connectivity index (χ2v) is 8.35. The lowest BCUT2D eigenvalue weighted by Crippen LogP contribution is -2.38. The molecule has 1 aromatic heterocycles. The zero-order valence-electron chi connectivity index (χ0n) is 16.7. The Morgan fingerprint density at radius 1 is 1.17 bits per heavy atom. The Morgan fingerprint density at radius 2 is 1.97 bits per heavy atom. The predicted octanol–water partition coefficient (Wildman–Crippen LogP) is 3.53. The number of aryl methyl sites for hydroxylation is 1. The molecule has 2 aliphatic rings. The lowest BCUT2D eigenvalue weighted by atomic mass is 9.72. The number of imidazole rings is 1. The number of carbonyl (C=O) groups is 1. The van der Waals surface area contributed by atoms with E-state index in [2.05, 4.69) is 51.4 Å². The molecule has 0 bridgehead atoms. The van der Waals surface area contributed by atoms with Crippen LogP contribution in [0, 0.1) is 5.41 Å². The number of aromatic nitrogens is 2. The first kappa shape index (κ1) is 18.2. The van der Waals surface area contributed by atoms with E-state index in [4.69, 9.17) is 4.74 Å². The zero-order valence-corrected chi connectivity index (χ0v) is 16.7. The molecule has 1 fully saturated rings. The summed E-state index contributed by atoms with van der Waals surface area (Å²) in [7, 11) is 0. The Balaban J connectivity index is 1.34. The number of fused-ring (bicyclic) bond motifs is 2. The molecule has 150 valence electrons. The Labute approximate surface area is 170 Å². The van der Waals surface area contributed by atoms with Crippen molar-refractivity contribution in [3.8, 4) is 0 Å². The average Bonchev–Trinajstić information content (AvgIpc) is 3.18. The maximum absolute atomic E-state index is 13.1.